The van der Waals surface area contributed by atoms with Crippen LogP contribution in [-0.4, -0.2) is 29.8 Å². The minimum absolute atomic E-state index is 0.0831. The number of aliphatic hydroxyl groups is 1. The molecule has 0 saturated heterocycles. The quantitative estimate of drug-likeness (QED) is 0.275. The Hall–Kier alpha value is -1.26. The minimum Gasteiger partial charge on any atom is -0.462 e. The first-order chi connectivity index (χ1) is 9.63. The molecule has 6 nitrogen and oxygen atoms in total. The Balaban J connectivity index is 0.00000172. The fourth-order valence-corrected chi connectivity index (χ4v) is 2.54. The van der Waals surface area contributed by atoms with Crippen LogP contribution in [0.5, 0.6) is 0 Å². The highest BCUT2D eigenvalue weighted by Gasteiger charge is 2.27. The van der Waals surface area contributed by atoms with Crippen LogP contribution in [0.1, 0.15) is 59.3 Å². The first-order valence-corrected chi connectivity index (χ1v) is 7.49. The molecule has 20 heavy (non-hydrogen) atoms. The molecule has 0 amide bonds. The number of aliphatic hydroxyl groups excluding tert-OH is 1. The normalized spacial score (nSPS) is 23.4. The van der Waals surface area contributed by atoms with Gasteiger partial charge in [-0.05, 0) is 37.1 Å². The lowest BCUT2D eigenvalue weighted by Crippen LogP contribution is -2.29. The molecule has 0 aliphatic heterocycles. The van der Waals surface area contributed by atoms with Crippen molar-refractivity contribution in [2.75, 3.05) is 6.54 Å². The highest BCUT2D eigenvalue weighted by atomic mass is 16.5. The Kier molecular flexibility index (Phi) is 10.8. The van der Waals surface area contributed by atoms with Gasteiger partial charge in [-0.15, -0.1) is 0 Å². The highest BCUT2D eigenvalue weighted by molar-refractivity contribution is 5.66. The van der Waals surface area contributed by atoms with E-state index in [0.717, 1.165) is 32.1 Å². The molecule has 116 valence electrons. The summed E-state index contributed by atoms with van der Waals surface area (Å²) in [6.45, 7) is 5.50. The molecule has 0 aromatic heterocycles. The average Bonchev–Trinajstić information content (AvgIpc) is 2.64. The van der Waals surface area contributed by atoms with Crippen LogP contribution in [0.4, 0.5) is 0 Å². The summed E-state index contributed by atoms with van der Waals surface area (Å²) in [6, 6.07) is 0. The second-order valence-corrected chi connectivity index (χ2v) is 4.85. The van der Waals surface area contributed by atoms with Gasteiger partial charge in [-0.1, -0.05) is 31.8 Å². The molecule has 1 aliphatic carbocycles. The Bertz CT molecular complexity index is 317. The van der Waals surface area contributed by atoms with Gasteiger partial charge in [-0.25, -0.2) is 0 Å². The fraction of sp³-hybridized carbons (Fsp3) is 0.929. The van der Waals surface area contributed by atoms with Crippen LogP contribution in [0.15, 0.2) is 5.11 Å². The van der Waals surface area contributed by atoms with E-state index in [0.29, 0.717) is 6.42 Å². The van der Waals surface area contributed by atoms with E-state index < -0.39 is 6.10 Å². The molecule has 3 atom stereocenters. The van der Waals surface area contributed by atoms with E-state index in [1.54, 1.807) is 0 Å². The average molecular weight is 285 g/mol. The van der Waals surface area contributed by atoms with Crippen molar-refractivity contribution in [1.29, 1.82) is 0 Å². The molecule has 1 rings (SSSR count). The van der Waals surface area contributed by atoms with E-state index in [4.69, 9.17) is 10.3 Å². The number of nitrogens with zero attached hydrogens (tertiary/aromatic N) is 3. The Morgan fingerprint density at radius 2 is 2.05 bits per heavy atom. The largest absolute Gasteiger partial charge is 0.462 e. The molecule has 0 radical (unpaired) electrons. The van der Waals surface area contributed by atoms with Gasteiger partial charge in [0.25, 0.3) is 0 Å². The van der Waals surface area contributed by atoms with E-state index in [-0.39, 0.29) is 24.5 Å². The van der Waals surface area contributed by atoms with Gasteiger partial charge in [0, 0.05) is 11.8 Å². The van der Waals surface area contributed by atoms with Crippen LogP contribution in [-0.2, 0) is 9.53 Å². The van der Waals surface area contributed by atoms with Crippen LogP contribution in [0, 0.1) is 5.92 Å². The van der Waals surface area contributed by atoms with Crippen molar-refractivity contribution < 1.29 is 14.6 Å². The Labute approximate surface area is 121 Å². The summed E-state index contributed by atoms with van der Waals surface area (Å²) in [5.41, 5.74) is 8.21. The molecule has 1 saturated carbocycles. The maximum atomic E-state index is 11.1. The van der Waals surface area contributed by atoms with Gasteiger partial charge in [0.2, 0.25) is 0 Å². The smallest absolute Gasteiger partial charge is 0.302 e. The lowest BCUT2D eigenvalue weighted by atomic mass is 9.91. The molecule has 1 N–H and O–H groups in total. The van der Waals surface area contributed by atoms with Crippen LogP contribution in [0.3, 0.4) is 0 Å². The molecule has 1 aliphatic rings. The van der Waals surface area contributed by atoms with Crippen LogP contribution < -0.4 is 0 Å². The first-order valence-electron chi connectivity index (χ1n) is 7.49. The van der Waals surface area contributed by atoms with Gasteiger partial charge >= 0.3 is 5.97 Å². The van der Waals surface area contributed by atoms with Crippen molar-refractivity contribution in [3.63, 3.8) is 0 Å². The minimum atomic E-state index is -0.651. The molecule has 0 bridgehead atoms. The van der Waals surface area contributed by atoms with Crippen molar-refractivity contribution in [3.05, 3.63) is 10.4 Å². The van der Waals surface area contributed by atoms with Gasteiger partial charge in [0.05, 0.1) is 12.6 Å². The summed E-state index contributed by atoms with van der Waals surface area (Å²) in [6.07, 6.45) is 4.87. The van der Waals surface area contributed by atoms with E-state index in [2.05, 4.69) is 10.0 Å². The number of rotatable bonds is 5. The number of hydrogen-bond acceptors (Lipinski definition) is 4. The van der Waals surface area contributed by atoms with Gasteiger partial charge < -0.3 is 9.84 Å². The lowest BCUT2D eigenvalue weighted by Gasteiger charge is -2.26. The molecule has 0 aromatic carbocycles. The van der Waals surface area contributed by atoms with Gasteiger partial charge in [0.1, 0.15) is 6.10 Å². The van der Waals surface area contributed by atoms with Gasteiger partial charge in [0.15, 0.2) is 0 Å². The lowest BCUT2D eigenvalue weighted by molar-refractivity contribution is -0.150. The number of hydrogen-bond donors (Lipinski definition) is 1. The molecule has 0 heterocycles. The van der Waals surface area contributed by atoms with Crippen LogP contribution in [0.2, 0.25) is 0 Å². The molecular weight excluding hydrogens is 258 g/mol. The number of carbonyl (C=O) groups is 1. The Morgan fingerprint density at radius 3 is 2.65 bits per heavy atom. The molecule has 0 aromatic rings. The summed E-state index contributed by atoms with van der Waals surface area (Å²) < 4.78 is 5.34. The first kappa shape index (κ1) is 18.7. The van der Waals surface area contributed by atoms with Crippen molar-refractivity contribution in [1.82, 2.24) is 0 Å². The molecule has 0 unspecified atom stereocenters. The van der Waals surface area contributed by atoms with E-state index in [1.807, 2.05) is 13.8 Å². The van der Waals surface area contributed by atoms with Crippen LogP contribution in [0.25, 0.3) is 10.4 Å². The molecule has 1 fully saturated rings. The standard InChI is InChI=1S/C12H21N3O3.C2H6/c1-9(16)18-12-6-4-2-3-5-10(12)7-11(17)8-14-15-13;1-2/h10-12,17H,2-8H2,1H3;1-2H3/t10-,11+,12-;/m0./s1. The monoisotopic (exact) mass is 285 g/mol. The second kappa shape index (κ2) is 11.6. The fourth-order valence-electron chi connectivity index (χ4n) is 2.54. The Morgan fingerprint density at radius 1 is 1.40 bits per heavy atom. The van der Waals surface area contributed by atoms with Crippen molar-refractivity contribution >= 4 is 5.97 Å². The van der Waals surface area contributed by atoms with Gasteiger partial charge in [-0.2, -0.15) is 0 Å². The van der Waals surface area contributed by atoms with Crippen molar-refractivity contribution in [3.8, 4) is 0 Å². The number of esters is 1. The predicted octanol–water partition coefficient (Wildman–Crippen LogP) is 3.59. The molecular formula is C14H27N3O3. The summed E-state index contributed by atoms with van der Waals surface area (Å²) in [4.78, 5) is 13.7. The van der Waals surface area contributed by atoms with E-state index >= 15 is 0 Å². The topological polar surface area (TPSA) is 95.3 Å². The second-order valence-electron chi connectivity index (χ2n) is 4.85. The zero-order valence-electron chi connectivity index (χ0n) is 12.8. The highest BCUT2D eigenvalue weighted by Crippen LogP contribution is 2.29. The third-order valence-corrected chi connectivity index (χ3v) is 3.34. The predicted molar refractivity (Wildman–Crippen MR) is 78.1 cm³/mol. The zero-order chi connectivity index (χ0) is 15.4. The maximum absolute atomic E-state index is 11.1. The van der Waals surface area contributed by atoms with Crippen LogP contribution >= 0.6 is 0 Å². The van der Waals surface area contributed by atoms with Crippen molar-refractivity contribution in [2.45, 2.75) is 71.5 Å². The third-order valence-electron chi connectivity index (χ3n) is 3.34. The number of carbonyl (C=O) groups excluding carboxylic acids is 1. The number of azide groups is 1. The summed E-state index contributed by atoms with van der Waals surface area (Å²) in [7, 11) is 0. The molecule has 6 heteroatoms. The third kappa shape index (κ3) is 8.02. The summed E-state index contributed by atoms with van der Waals surface area (Å²) >= 11 is 0. The molecule has 0 spiro atoms. The van der Waals surface area contributed by atoms with E-state index in [9.17, 15) is 9.90 Å². The summed E-state index contributed by atoms with van der Waals surface area (Å²) in [5, 5.41) is 13.1. The van der Waals surface area contributed by atoms with Crippen molar-refractivity contribution in [2.24, 2.45) is 11.0 Å². The SMILES string of the molecule is CC.CC(=O)O[C@H]1CCCCC[C@H]1C[C@@H](O)CN=[N+]=[N-]. The van der Waals surface area contributed by atoms with Gasteiger partial charge in [-0.3, -0.25) is 4.79 Å². The zero-order valence-corrected chi connectivity index (χ0v) is 12.8. The summed E-state index contributed by atoms with van der Waals surface area (Å²) in [5.74, 6) is -0.100. The maximum Gasteiger partial charge on any atom is 0.302 e. The van der Waals surface area contributed by atoms with E-state index in [1.165, 1.54) is 6.92 Å². The number of ether oxygens (including phenoxy) is 1.